The number of carbonyl (C=O) groups is 1. The predicted octanol–water partition coefficient (Wildman–Crippen LogP) is 7.03. The van der Waals surface area contributed by atoms with E-state index in [4.69, 9.17) is 9.47 Å². The van der Waals surface area contributed by atoms with Crippen molar-refractivity contribution >= 4 is 23.0 Å². The number of hydrogen-bond donors (Lipinski definition) is 0. The number of carbonyl (C=O) groups excluding carboxylic acids is 1. The number of nitrogens with zero attached hydrogens (tertiary/aromatic N) is 1. The summed E-state index contributed by atoms with van der Waals surface area (Å²) in [7, 11) is 0. The van der Waals surface area contributed by atoms with Crippen LogP contribution in [0.5, 0.6) is 5.75 Å². The van der Waals surface area contributed by atoms with Gasteiger partial charge in [0.15, 0.2) is 6.61 Å². The molecular weight excluding hydrogens is 414 g/mol. The van der Waals surface area contributed by atoms with Crippen LogP contribution >= 0.6 is 0 Å². The first kappa shape index (κ1) is 23.0. The second-order valence-corrected chi connectivity index (χ2v) is 9.11. The minimum absolute atomic E-state index is 0.147. The topological polar surface area (TPSA) is 58.6 Å². The van der Waals surface area contributed by atoms with Crippen LogP contribution in [0.4, 0.5) is 17.1 Å². The van der Waals surface area contributed by atoms with Crippen molar-refractivity contribution in [3.63, 3.8) is 0 Å². The van der Waals surface area contributed by atoms with Crippen molar-refractivity contribution in [3.8, 4) is 5.75 Å². The third-order valence-electron chi connectivity index (χ3n) is 6.40. The molecule has 0 radical (unpaired) electrons. The monoisotopic (exact) mass is 445 g/mol. The van der Waals surface area contributed by atoms with Gasteiger partial charge in [0.2, 0.25) is 0 Å². The van der Waals surface area contributed by atoms with E-state index >= 15 is 0 Å². The summed E-state index contributed by atoms with van der Waals surface area (Å²) in [4.78, 5) is 12.4. The Kier molecular flexibility index (Phi) is 6.54. The molecule has 0 N–H and O–H groups in total. The Balaban J connectivity index is 1.61. The van der Waals surface area contributed by atoms with E-state index in [1.807, 2.05) is 93.6 Å². The molecule has 0 aromatic heterocycles. The number of quaternary nitrogens is 1. The van der Waals surface area contributed by atoms with Gasteiger partial charge in [0.25, 0.3) is 0 Å². The summed E-state index contributed by atoms with van der Waals surface area (Å²) in [5.41, 5.74) is 3.04. The lowest BCUT2D eigenvalue weighted by atomic mass is 10.1. The van der Waals surface area contributed by atoms with E-state index in [2.05, 4.69) is 0 Å². The highest BCUT2D eigenvalue weighted by Gasteiger charge is 2.33. The third-order valence-corrected chi connectivity index (χ3v) is 6.40. The summed E-state index contributed by atoms with van der Waals surface area (Å²) in [5.74, 6) is 0.254. The summed E-state index contributed by atoms with van der Waals surface area (Å²) in [5, 5.41) is 14.4. The van der Waals surface area contributed by atoms with Gasteiger partial charge in [0.1, 0.15) is 28.4 Å². The van der Waals surface area contributed by atoms with Crippen molar-refractivity contribution in [3.05, 3.63) is 89.1 Å². The van der Waals surface area contributed by atoms with Gasteiger partial charge >= 0.3 is 5.97 Å². The highest BCUT2D eigenvalue weighted by Crippen LogP contribution is 2.44. The zero-order valence-electron chi connectivity index (χ0n) is 19.5. The fourth-order valence-electron chi connectivity index (χ4n) is 4.72. The van der Waals surface area contributed by atoms with Crippen molar-refractivity contribution in [1.29, 1.82) is 0 Å². The molecule has 0 aliphatic heterocycles. The maximum atomic E-state index is 14.4. The van der Waals surface area contributed by atoms with Crippen molar-refractivity contribution in [2.75, 3.05) is 6.61 Å². The standard InChI is InChI=1S/C28H31NO4/c1-21-18-25(29(31,23-12-6-4-7-13-23)24-14-8-5-9-15-24)19-22(2)27(21)32-20-26(30)33-28(3)16-10-11-17-28/h4-9,12-15,18-19H,10-11,16-17,20H2,1-3H3. The van der Waals surface area contributed by atoms with Crippen LogP contribution in [0.2, 0.25) is 0 Å². The molecular formula is C28H31NO4. The Morgan fingerprint density at radius 1 is 0.879 bits per heavy atom. The van der Waals surface area contributed by atoms with Crippen LogP contribution in [0.25, 0.3) is 0 Å². The van der Waals surface area contributed by atoms with Gasteiger partial charge in [-0.05, 0) is 57.6 Å². The lowest BCUT2D eigenvalue weighted by Crippen LogP contribution is -2.32. The fraction of sp³-hybridized carbons (Fsp3) is 0.321. The molecule has 4 rings (SSSR count). The number of ether oxygens (including phenoxy) is 2. The van der Waals surface area contributed by atoms with Gasteiger partial charge in [-0.2, -0.15) is 0 Å². The second kappa shape index (κ2) is 9.38. The van der Waals surface area contributed by atoms with E-state index in [0.717, 1.165) is 36.8 Å². The first-order valence-electron chi connectivity index (χ1n) is 11.5. The Bertz CT molecular complexity index is 1040. The van der Waals surface area contributed by atoms with E-state index < -0.39 is 4.65 Å². The van der Waals surface area contributed by atoms with Crippen molar-refractivity contribution in [2.24, 2.45) is 0 Å². The molecule has 5 heteroatoms. The maximum Gasteiger partial charge on any atom is 0.344 e. The lowest BCUT2D eigenvalue weighted by molar-refractivity contribution is -0.159. The highest BCUT2D eigenvalue weighted by molar-refractivity contribution is 5.74. The Hall–Kier alpha value is -3.15. The molecule has 1 fully saturated rings. The quantitative estimate of drug-likeness (QED) is 0.223. The molecule has 33 heavy (non-hydrogen) atoms. The number of benzene rings is 3. The van der Waals surface area contributed by atoms with Gasteiger partial charge in [-0.3, -0.25) is 4.65 Å². The summed E-state index contributed by atoms with van der Waals surface area (Å²) in [6, 6.07) is 22.3. The zero-order valence-corrected chi connectivity index (χ0v) is 19.5. The number of aryl methyl sites for hydroxylation is 2. The second-order valence-electron chi connectivity index (χ2n) is 9.11. The third kappa shape index (κ3) is 4.80. The van der Waals surface area contributed by atoms with E-state index in [1.54, 1.807) is 0 Å². The van der Waals surface area contributed by atoms with Crippen LogP contribution < -0.4 is 9.38 Å². The van der Waals surface area contributed by atoms with Crippen LogP contribution in [0.15, 0.2) is 72.8 Å². The fourth-order valence-corrected chi connectivity index (χ4v) is 4.72. The molecule has 0 unspecified atom stereocenters. The molecule has 1 aliphatic rings. The van der Waals surface area contributed by atoms with Crippen LogP contribution in [-0.4, -0.2) is 18.2 Å². The van der Waals surface area contributed by atoms with Gasteiger partial charge in [-0.25, -0.2) is 4.79 Å². The van der Waals surface area contributed by atoms with Gasteiger partial charge in [-0.1, -0.05) is 36.4 Å². The molecule has 0 atom stereocenters. The summed E-state index contributed by atoms with van der Waals surface area (Å²) in [6.07, 6.45) is 3.96. The van der Waals surface area contributed by atoms with Crippen LogP contribution in [0.3, 0.4) is 0 Å². The predicted molar refractivity (Wildman–Crippen MR) is 132 cm³/mol. The average molecular weight is 446 g/mol. The molecule has 172 valence electrons. The van der Waals surface area contributed by atoms with Crippen molar-refractivity contribution in [2.45, 2.75) is 52.1 Å². The minimum Gasteiger partial charge on any atom is -0.616 e. The molecule has 1 saturated carbocycles. The lowest BCUT2D eigenvalue weighted by Gasteiger charge is -2.41. The van der Waals surface area contributed by atoms with Crippen LogP contribution in [0, 0.1) is 19.1 Å². The molecule has 0 spiro atoms. The first-order valence-corrected chi connectivity index (χ1v) is 11.5. The summed E-state index contributed by atoms with van der Waals surface area (Å²) >= 11 is 0. The molecule has 3 aromatic carbocycles. The normalized spacial score (nSPS) is 15.3. The van der Waals surface area contributed by atoms with E-state index in [9.17, 15) is 10.0 Å². The number of para-hydroxylation sites is 2. The smallest absolute Gasteiger partial charge is 0.344 e. The SMILES string of the molecule is Cc1cc([N+]([O-])(c2ccccc2)c2ccccc2)cc(C)c1OCC(=O)OC1(C)CCCC1. The number of hydrogen-bond acceptors (Lipinski definition) is 4. The van der Waals surface area contributed by atoms with Crippen LogP contribution in [0.1, 0.15) is 43.7 Å². The highest BCUT2D eigenvalue weighted by atomic mass is 16.6. The van der Waals surface area contributed by atoms with Crippen molar-refractivity contribution in [1.82, 2.24) is 4.65 Å². The molecule has 3 aromatic rings. The van der Waals surface area contributed by atoms with E-state index in [1.165, 1.54) is 0 Å². The van der Waals surface area contributed by atoms with Gasteiger partial charge in [-0.15, -0.1) is 0 Å². The maximum absolute atomic E-state index is 14.4. The molecule has 0 heterocycles. The van der Waals surface area contributed by atoms with E-state index in [0.29, 0.717) is 22.8 Å². The van der Waals surface area contributed by atoms with Crippen LogP contribution in [-0.2, 0) is 9.53 Å². The Morgan fingerprint density at radius 3 is 1.85 bits per heavy atom. The van der Waals surface area contributed by atoms with Gasteiger partial charge in [0, 0.05) is 36.4 Å². The van der Waals surface area contributed by atoms with Gasteiger partial charge < -0.3 is 14.7 Å². The first-order chi connectivity index (χ1) is 15.8. The zero-order chi connectivity index (χ0) is 23.5. The summed E-state index contributed by atoms with van der Waals surface area (Å²) < 4.78 is 10.8. The molecule has 5 nitrogen and oxygen atoms in total. The number of rotatable bonds is 7. The molecule has 0 amide bonds. The van der Waals surface area contributed by atoms with Gasteiger partial charge in [0.05, 0.1) is 0 Å². The van der Waals surface area contributed by atoms with E-state index in [-0.39, 0.29) is 18.2 Å². The molecule has 1 aliphatic carbocycles. The largest absolute Gasteiger partial charge is 0.616 e. The molecule has 0 saturated heterocycles. The molecule has 0 bridgehead atoms. The number of esters is 1. The van der Waals surface area contributed by atoms with Crippen molar-refractivity contribution < 1.29 is 14.3 Å². The Labute approximate surface area is 195 Å². The minimum atomic E-state index is -0.718. The average Bonchev–Trinajstić information content (AvgIpc) is 3.24. The summed E-state index contributed by atoms with van der Waals surface area (Å²) in [6.45, 7) is 5.64. The Morgan fingerprint density at radius 2 is 1.36 bits per heavy atom.